The molecule has 3 heteroatoms. The van der Waals surface area contributed by atoms with Crippen molar-refractivity contribution in [2.75, 3.05) is 4.90 Å². The maximum absolute atomic E-state index is 7.00. The SMILES string of the molecule is CC12CCCCC1c1cccc3c1N2c1c(-c2ccccc2)cc(C2=CC=CCC2)c2c1B3c1ccccc1O2. The van der Waals surface area contributed by atoms with Crippen LogP contribution in [-0.4, -0.2) is 12.3 Å². The van der Waals surface area contributed by atoms with Crippen molar-refractivity contribution < 1.29 is 4.74 Å². The van der Waals surface area contributed by atoms with Gasteiger partial charge in [0.1, 0.15) is 11.5 Å². The number of hydrogen-bond donors (Lipinski definition) is 0. The van der Waals surface area contributed by atoms with Crippen LogP contribution < -0.4 is 26.0 Å². The molecule has 3 aliphatic heterocycles. The Morgan fingerprint density at radius 2 is 1.73 bits per heavy atom. The number of allylic oxidation sites excluding steroid dienone is 4. The molecule has 4 aromatic carbocycles. The van der Waals surface area contributed by atoms with Gasteiger partial charge in [-0.2, -0.15) is 0 Å². The first-order valence-corrected chi connectivity index (χ1v) is 15.1. The average molecular weight is 517 g/mol. The van der Waals surface area contributed by atoms with Crippen molar-refractivity contribution >= 4 is 40.0 Å². The number of rotatable bonds is 2. The molecule has 0 amide bonds. The summed E-state index contributed by atoms with van der Waals surface area (Å²) in [6.45, 7) is 2.70. The predicted octanol–water partition coefficient (Wildman–Crippen LogP) is 7.59. The molecule has 194 valence electrons. The molecule has 40 heavy (non-hydrogen) atoms. The number of ether oxygens (including phenoxy) is 1. The summed E-state index contributed by atoms with van der Waals surface area (Å²) in [7, 11) is 0. The van der Waals surface area contributed by atoms with Gasteiger partial charge in [-0.3, -0.25) is 0 Å². The Hall–Kier alpha value is -3.98. The van der Waals surface area contributed by atoms with Crippen LogP contribution in [-0.2, 0) is 0 Å². The van der Waals surface area contributed by atoms with Crippen molar-refractivity contribution in [2.24, 2.45) is 0 Å². The molecule has 2 nitrogen and oxygen atoms in total. The summed E-state index contributed by atoms with van der Waals surface area (Å²) < 4.78 is 7.00. The lowest BCUT2D eigenvalue weighted by Gasteiger charge is -2.49. The molecule has 2 aliphatic carbocycles. The van der Waals surface area contributed by atoms with E-state index in [-0.39, 0.29) is 12.3 Å². The molecule has 2 unspecified atom stereocenters. The topological polar surface area (TPSA) is 12.5 Å². The summed E-state index contributed by atoms with van der Waals surface area (Å²) in [5, 5.41) is 0. The zero-order valence-corrected chi connectivity index (χ0v) is 23.0. The summed E-state index contributed by atoms with van der Waals surface area (Å²) in [6.07, 6.45) is 14.0. The molecular weight excluding hydrogens is 485 g/mol. The number of benzene rings is 4. The van der Waals surface area contributed by atoms with Gasteiger partial charge in [-0.1, -0.05) is 97.8 Å². The van der Waals surface area contributed by atoms with E-state index in [1.54, 1.807) is 5.56 Å². The molecule has 0 saturated heterocycles. The highest BCUT2D eigenvalue weighted by molar-refractivity contribution is 6.99. The third-order valence-electron chi connectivity index (χ3n) is 10.4. The van der Waals surface area contributed by atoms with Gasteiger partial charge in [0.05, 0.1) is 0 Å². The third-order valence-corrected chi connectivity index (χ3v) is 10.4. The van der Waals surface area contributed by atoms with Crippen LogP contribution in [0.5, 0.6) is 11.5 Å². The maximum atomic E-state index is 7.00. The molecule has 3 heterocycles. The predicted molar refractivity (Wildman–Crippen MR) is 168 cm³/mol. The first-order valence-electron chi connectivity index (χ1n) is 15.1. The lowest BCUT2D eigenvalue weighted by molar-refractivity contribution is 0.291. The Bertz CT molecular complexity index is 1770. The monoisotopic (exact) mass is 517 g/mol. The number of anilines is 2. The molecule has 1 saturated carbocycles. The summed E-state index contributed by atoms with van der Waals surface area (Å²) in [5.41, 5.74) is 13.8. The van der Waals surface area contributed by atoms with E-state index < -0.39 is 0 Å². The lowest BCUT2D eigenvalue weighted by atomic mass is 9.33. The molecule has 0 radical (unpaired) electrons. The van der Waals surface area contributed by atoms with Crippen LogP contribution in [0.1, 0.15) is 62.5 Å². The van der Waals surface area contributed by atoms with Gasteiger partial charge < -0.3 is 9.64 Å². The highest BCUT2D eigenvalue weighted by Crippen LogP contribution is 2.60. The smallest absolute Gasteiger partial charge is 0.256 e. The van der Waals surface area contributed by atoms with E-state index in [0.717, 1.165) is 24.3 Å². The molecule has 0 spiro atoms. The zero-order chi connectivity index (χ0) is 26.4. The van der Waals surface area contributed by atoms with E-state index in [1.165, 1.54) is 75.7 Å². The van der Waals surface area contributed by atoms with Gasteiger partial charge in [0.15, 0.2) is 0 Å². The fourth-order valence-corrected chi connectivity index (χ4v) is 8.65. The second-order valence-corrected chi connectivity index (χ2v) is 12.4. The van der Waals surface area contributed by atoms with E-state index >= 15 is 0 Å². The van der Waals surface area contributed by atoms with E-state index in [2.05, 4.69) is 109 Å². The number of nitrogens with zero attached hydrogens (tertiary/aromatic N) is 1. The van der Waals surface area contributed by atoms with E-state index in [4.69, 9.17) is 4.74 Å². The summed E-state index contributed by atoms with van der Waals surface area (Å²) in [4.78, 5) is 2.80. The van der Waals surface area contributed by atoms with Crippen molar-refractivity contribution in [3.8, 4) is 22.6 Å². The first kappa shape index (κ1) is 22.8. The Morgan fingerprint density at radius 3 is 2.60 bits per heavy atom. The normalized spacial score (nSPS) is 23.0. The molecule has 9 rings (SSSR count). The summed E-state index contributed by atoms with van der Waals surface area (Å²) in [5.74, 6) is 2.62. The van der Waals surface area contributed by atoms with Gasteiger partial charge in [-0.05, 0) is 77.8 Å². The van der Waals surface area contributed by atoms with Gasteiger partial charge in [-0.15, -0.1) is 0 Å². The molecule has 5 aliphatic rings. The third kappa shape index (κ3) is 2.90. The minimum atomic E-state index is 0.0598. The average Bonchev–Trinajstić information content (AvgIpc) is 3.28. The van der Waals surface area contributed by atoms with Crippen molar-refractivity contribution in [3.63, 3.8) is 0 Å². The van der Waals surface area contributed by atoms with Gasteiger partial charge in [0.25, 0.3) is 6.71 Å². The summed E-state index contributed by atoms with van der Waals surface area (Å²) in [6, 6.07) is 29.5. The number of para-hydroxylation sites is 2. The number of hydrogen-bond acceptors (Lipinski definition) is 2. The second kappa shape index (κ2) is 8.27. The maximum Gasteiger partial charge on any atom is 0.256 e. The van der Waals surface area contributed by atoms with E-state index in [9.17, 15) is 0 Å². The van der Waals surface area contributed by atoms with Gasteiger partial charge in [-0.25, -0.2) is 0 Å². The van der Waals surface area contributed by atoms with Crippen molar-refractivity contribution in [1.82, 2.24) is 0 Å². The largest absolute Gasteiger partial charge is 0.458 e. The van der Waals surface area contributed by atoms with E-state index in [0.29, 0.717) is 5.92 Å². The van der Waals surface area contributed by atoms with Gasteiger partial charge in [0, 0.05) is 34.0 Å². The Balaban J connectivity index is 1.45. The first-order chi connectivity index (χ1) is 19.7. The Kier molecular flexibility index (Phi) is 4.71. The quantitative estimate of drug-likeness (QED) is 0.224. The molecule has 2 atom stereocenters. The molecular formula is C37H32BNO. The highest BCUT2D eigenvalue weighted by atomic mass is 16.5. The van der Waals surface area contributed by atoms with Crippen LogP contribution in [0, 0.1) is 0 Å². The fourth-order valence-electron chi connectivity index (χ4n) is 8.65. The van der Waals surface area contributed by atoms with Crippen LogP contribution in [0.15, 0.2) is 97.1 Å². The lowest BCUT2D eigenvalue weighted by Crippen LogP contribution is -2.62. The highest BCUT2D eigenvalue weighted by Gasteiger charge is 2.56. The van der Waals surface area contributed by atoms with Gasteiger partial charge in [0.2, 0.25) is 0 Å². The van der Waals surface area contributed by atoms with Gasteiger partial charge >= 0.3 is 0 Å². The van der Waals surface area contributed by atoms with Crippen LogP contribution >= 0.6 is 0 Å². The molecule has 0 bridgehead atoms. The Labute approximate surface area is 237 Å². The van der Waals surface area contributed by atoms with Crippen LogP contribution in [0.3, 0.4) is 0 Å². The van der Waals surface area contributed by atoms with Crippen molar-refractivity contribution in [3.05, 3.63) is 108 Å². The van der Waals surface area contributed by atoms with Crippen molar-refractivity contribution in [1.29, 1.82) is 0 Å². The van der Waals surface area contributed by atoms with Crippen LogP contribution in [0.25, 0.3) is 16.7 Å². The molecule has 0 aromatic heterocycles. The van der Waals surface area contributed by atoms with Crippen LogP contribution in [0.2, 0.25) is 0 Å². The molecule has 1 fully saturated rings. The fraction of sp³-hybridized carbons (Fsp3) is 0.243. The molecule has 4 aromatic rings. The minimum Gasteiger partial charge on any atom is -0.458 e. The standard InChI is InChI=1S/C37H32BNO/c1-37-22-11-10-18-29(37)26-17-12-20-31-34(26)39(37)35-27(24-13-4-2-5-14-24)23-28(25-15-6-3-7-16-25)36-33(35)38(31)30-19-8-9-21-32(30)40-36/h2-6,8-9,12-15,17,19-21,23,29H,7,10-11,16,18,22H2,1H3. The van der Waals surface area contributed by atoms with E-state index in [1.807, 2.05) is 0 Å². The second-order valence-electron chi connectivity index (χ2n) is 12.4. The summed E-state index contributed by atoms with van der Waals surface area (Å²) >= 11 is 0. The zero-order valence-electron chi connectivity index (χ0n) is 23.0. The van der Waals surface area contributed by atoms with Crippen molar-refractivity contribution in [2.45, 2.75) is 56.9 Å². The Morgan fingerprint density at radius 1 is 0.875 bits per heavy atom. The molecule has 0 N–H and O–H groups in total. The van der Waals surface area contributed by atoms with Crippen LogP contribution in [0.4, 0.5) is 11.4 Å². The number of fused-ring (bicyclic) bond motifs is 7. The minimum absolute atomic E-state index is 0.0598.